The highest BCUT2D eigenvalue weighted by atomic mass is 16.3. The maximum atomic E-state index is 8.77. The van der Waals surface area contributed by atoms with E-state index in [1.54, 1.807) is 0 Å². The van der Waals surface area contributed by atoms with Crippen LogP contribution in [0.2, 0.25) is 0 Å². The first-order valence-electron chi connectivity index (χ1n) is 3.56. The molecule has 0 aromatic carbocycles. The molecule has 9 heavy (non-hydrogen) atoms. The van der Waals surface area contributed by atoms with Crippen LogP contribution in [0.25, 0.3) is 0 Å². The second-order valence-corrected chi connectivity index (χ2v) is 2.59. The summed E-state index contributed by atoms with van der Waals surface area (Å²) in [6, 6.07) is 0.273. The van der Waals surface area contributed by atoms with E-state index in [9.17, 15) is 0 Å². The molecule has 0 saturated heterocycles. The highest BCUT2D eigenvalue weighted by molar-refractivity contribution is 4.67. The van der Waals surface area contributed by atoms with Gasteiger partial charge in [0, 0.05) is 6.04 Å². The monoisotopic (exact) mass is 131 g/mol. The number of rotatable bonds is 4. The molecule has 0 saturated carbocycles. The van der Waals surface area contributed by atoms with Crippen LogP contribution in [0.15, 0.2) is 0 Å². The Bertz CT molecular complexity index is 63.9. The first-order chi connectivity index (χ1) is 4.22. The lowest BCUT2D eigenvalue weighted by molar-refractivity contribution is 0.213. The van der Waals surface area contributed by atoms with Gasteiger partial charge in [-0.15, -0.1) is 0 Å². The van der Waals surface area contributed by atoms with Gasteiger partial charge >= 0.3 is 0 Å². The summed E-state index contributed by atoms with van der Waals surface area (Å²) in [4.78, 5) is 0. The van der Waals surface area contributed by atoms with Gasteiger partial charge in [0.1, 0.15) is 0 Å². The standard InChI is InChI=1S/C7H17NO/c1-4-8-7(5-9)6(2)3/h6-9H,4-5H2,1-3H3/t7-/m0/s1. The minimum Gasteiger partial charge on any atom is -0.395 e. The van der Waals surface area contributed by atoms with Gasteiger partial charge < -0.3 is 10.4 Å². The van der Waals surface area contributed by atoms with Crippen molar-refractivity contribution in [2.45, 2.75) is 26.8 Å². The van der Waals surface area contributed by atoms with E-state index in [4.69, 9.17) is 5.11 Å². The number of aliphatic hydroxyl groups is 1. The number of nitrogens with one attached hydrogen (secondary N) is 1. The first kappa shape index (κ1) is 8.92. The van der Waals surface area contributed by atoms with Crippen LogP contribution in [-0.4, -0.2) is 24.3 Å². The van der Waals surface area contributed by atoms with E-state index in [0.29, 0.717) is 5.92 Å². The molecule has 0 amide bonds. The van der Waals surface area contributed by atoms with E-state index in [0.717, 1.165) is 6.54 Å². The fraction of sp³-hybridized carbons (Fsp3) is 1.00. The van der Waals surface area contributed by atoms with Crippen LogP contribution in [0.4, 0.5) is 0 Å². The van der Waals surface area contributed by atoms with Crippen LogP contribution < -0.4 is 5.32 Å². The Hall–Kier alpha value is -0.0800. The lowest BCUT2D eigenvalue weighted by Gasteiger charge is -2.18. The first-order valence-corrected chi connectivity index (χ1v) is 3.56. The molecule has 0 aliphatic heterocycles. The van der Waals surface area contributed by atoms with Crippen molar-refractivity contribution in [1.82, 2.24) is 5.32 Å². The number of hydrogen-bond acceptors (Lipinski definition) is 2. The van der Waals surface area contributed by atoms with E-state index in [1.807, 2.05) is 6.92 Å². The Labute approximate surface area is 57.3 Å². The Kier molecular flexibility index (Phi) is 4.72. The van der Waals surface area contributed by atoms with Crippen LogP contribution in [0.3, 0.4) is 0 Å². The summed E-state index contributed by atoms with van der Waals surface area (Å²) in [6.45, 7) is 7.42. The van der Waals surface area contributed by atoms with Gasteiger partial charge in [0.2, 0.25) is 0 Å². The molecule has 56 valence electrons. The Balaban J connectivity index is 3.41. The molecule has 0 spiro atoms. The molecule has 0 aliphatic rings. The van der Waals surface area contributed by atoms with Gasteiger partial charge in [-0.25, -0.2) is 0 Å². The molecule has 0 aromatic rings. The van der Waals surface area contributed by atoms with E-state index >= 15 is 0 Å². The summed E-state index contributed by atoms with van der Waals surface area (Å²) in [7, 11) is 0. The Morgan fingerprint density at radius 2 is 2.00 bits per heavy atom. The zero-order valence-electron chi connectivity index (χ0n) is 6.52. The van der Waals surface area contributed by atoms with Crippen LogP contribution in [0.5, 0.6) is 0 Å². The molecular weight excluding hydrogens is 114 g/mol. The summed E-state index contributed by atoms with van der Waals surface area (Å²) in [5.41, 5.74) is 0. The minimum absolute atomic E-state index is 0.242. The molecular formula is C7H17NO. The topological polar surface area (TPSA) is 32.3 Å². The summed E-state index contributed by atoms with van der Waals surface area (Å²) in [6.07, 6.45) is 0. The fourth-order valence-corrected chi connectivity index (χ4v) is 0.773. The van der Waals surface area contributed by atoms with E-state index in [-0.39, 0.29) is 12.6 Å². The van der Waals surface area contributed by atoms with Crippen LogP contribution in [0, 0.1) is 5.92 Å². The second-order valence-electron chi connectivity index (χ2n) is 2.59. The third-order valence-corrected chi connectivity index (χ3v) is 1.47. The molecule has 0 bridgehead atoms. The molecule has 0 aromatic heterocycles. The van der Waals surface area contributed by atoms with Gasteiger partial charge in [-0.1, -0.05) is 20.8 Å². The second kappa shape index (κ2) is 4.77. The highest BCUT2D eigenvalue weighted by Crippen LogP contribution is 1.98. The van der Waals surface area contributed by atoms with Crippen LogP contribution in [0.1, 0.15) is 20.8 Å². The summed E-state index contributed by atoms with van der Waals surface area (Å²) in [5, 5.41) is 11.9. The third-order valence-electron chi connectivity index (χ3n) is 1.47. The van der Waals surface area contributed by atoms with Gasteiger partial charge in [0.25, 0.3) is 0 Å². The number of likely N-dealkylation sites (N-methyl/N-ethyl adjacent to an activating group) is 1. The van der Waals surface area contributed by atoms with Crippen molar-refractivity contribution in [2.75, 3.05) is 13.2 Å². The summed E-state index contributed by atoms with van der Waals surface area (Å²) in [5.74, 6) is 0.523. The molecule has 1 atom stereocenters. The lowest BCUT2D eigenvalue weighted by Crippen LogP contribution is -2.36. The fourth-order valence-electron chi connectivity index (χ4n) is 0.773. The van der Waals surface area contributed by atoms with Gasteiger partial charge in [-0.3, -0.25) is 0 Å². The Morgan fingerprint density at radius 1 is 1.44 bits per heavy atom. The molecule has 2 heteroatoms. The SMILES string of the molecule is CCN[C@@H](CO)C(C)C. The van der Waals surface area contributed by atoms with Gasteiger partial charge in [0.15, 0.2) is 0 Å². The molecule has 0 fully saturated rings. The van der Waals surface area contributed by atoms with Crippen molar-refractivity contribution < 1.29 is 5.11 Å². The molecule has 2 nitrogen and oxygen atoms in total. The summed E-state index contributed by atoms with van der Waals surface area (Å²) < 4.78 is 0. The predicted molar refractivity (Wildman–Crippen MR) is 39.4 cm³/mol. The van der Waals surface area contributed by atoms with Crippen LogP contribution in [-0.2, 0) is 0 Å². The lowest BCUT2D eigenvalue weighted by atomic mass is 10.1. The van der Waals surface area contributed by atoms with E-state index in [1.165, 1.54) is 0 Å². The summed E-state index contributed by atoms with van der Waals surface area (Å²) >= 11 is 0. The van der Waals surface area contributed by atoms with Crippen molar-refractivity contribution in [1.29, 1.82) is 0 Å². The Morgan fingerprint density at radius 3 is 2.11 bits per heavy atom. The average molecular weight is 131 g/mol. The van der Waals surface area contributed by atoms with Crippen LogP contribution >= 0.6 is 0 Å². The largest absolute Gasteiger partial charge is 0.395 e. The smallest absolute Gasteiger partial charge is 0.0587 e. The maximum absolute atomic E-state index is 8.77. The van der Waals surface area contributed by atoms with Gasteiger partial charge in [-0.05, 0) is 12.5 Å². The van der Waals surface area contributed by atoms with Crippen molar-refractivity contribution >= 4 is 0 Å². The predicted octanol–water partition coefficient (Wildman–Crippen LogP) is 0.613. The van der Waals surface area contributed by atoms with E-state index in [2.05, 4.69) is 19.2 Å². The molecule has 0 radical (unpaired) electrons. The quantitative estimate of drug-likeness (QED) is 0.586. The van der Waals surface area contributed by atoms with Gasteiger partial charge in [-0.2, -0.15) is 0 Å². The molecule has 0 unspecified atom stereocenters. The average Bonchev–Trinajstić information content (AvgIpc) is 1.82. The van der Waals surface area contributed by atoms with Crippen molar-refractivity contribution in [2.24, 2.45) is 5.92 Å². The van der Waals surface area contributed by atoms with Crippen molar-refractivity contribution in [3.8, 4) is 0 Å². The van der Waals surface area contributed by atoms with Crippen molar-refractivity contribution in [3.63, 3.8) is 0 Å². The normalized spacial score (nSPS) is 14.3. The number of hydrogen-bond donors (Lipinski definition) is 2. The zero-order valence-corrected chi connectivity index (χ0v) is 6.52. The van der Waals surface area contributed by atoms with E-state index < -0.39 is 0 Å². The molecule has 0 heterocycles. The highest BCUT2D eigenvalue weighted by Gasteiger charge is 2.08. The molecule has 0 aliphatic carbocycles. The van der Waals surface area contributed by atoms with Gasteiger partial charge in [0.05, 0.1) is 6.61 Å². The molecule has 2 N–H and O–H groups in total. The molecule has 0 rings (SSSR count). The minimum atomic E-state index is 0.242. The zero-order chi connectivity index (χ0) is 7.28. The van der Waals surface area contributed by atoms with Crippen molar-refractivity contribution in [3.05, 3.63) is 0 Å². The third kappa shape index (κ3) is 3.49. The maximum Gasteiger partial charge on any atom is 0.0587 e. The number of aliphatic hydroxyl groups excluding tert-OH is 1.